The lowest BCUT2D eigenvalue weighted by Gasteiger charge is -2.17. The predicted molar refractivity (Wildman–Crippen MR) is 108 cm³/mol. The van der Waals surface area contributed by atoms with Crippen LogP contribution in [0.4, 0.5) is 5.69 Å². The number of likely N-dealkylation sites (N-methyl/N-ethyl adjacent to an activating group) is 1. The van der Waals surface area contributed by atoms with Gasteiger partial charge in [-0.05, 0) is 36.4 Å². The Balaban J connectivity index is 1.47. The fourth-order valence-corrected chi connectivity index (χ4v) is 2.81. The van der Waals surface area contributed by atoms with E-state index < -0.39 is 17.7 Å². The van der Waals surface area contributed by atoms with Crippen molar-refractivity contribution in [1.29, 1.82) is 0 Å². The number of halogens is 2. The lowest BCUT2D eigenvalue weighted by atomic mass is 10.2. The van der Waals surface area contributed by atoms with Crippen LogP contribution in [0.3, 0.4) is 0 Å². The molecule has 8 nitrogen and oxygen atoms in total. The summed E-state index contributed by atoms with van der Waals surface area (Å²) in [4.78, 5) is 37.7. The summed E-state index contributed by atoms with van der Waals surface area (Å²) in [5.41, 5.74) is 0.795. The summed E-state index contributed by atoms with van der Waals surface area (Å²) < 4.78 is 10.4. The van der Waals surface area contributed by atoms with Crippen LogP contribution in [0.5, 0.6) is 11.5 Å². The number of benzene rings is 2. The summed E-state index contributed by atoms with van der Waals surface area (Å²) in [7, 11) is 1.46. The number of carbonyl (C=O) groups excluding carboxylic acids is 3. The number of carbonyl (C=O) groups is 3. The summed E-state index contributed by atoms with van der Waals surface area (Å²) in [5.74, 6) is -0.250. The second-order valence-electron chi connectivity index (χ2n) is 6.18. The third-order valence-corrected chi connectivity index (χ3v) is 4.78. The summed E-state index contributed by atoms with van der Waals surface area (Å²) in [5, 5.41) is 5.81. The van der Waals surface area contributed by atoms with Gasteiger partial charge in [0.1, 0.15) is 0 Å². The molecule has 0 unspecified atom stereocenters. The van der Waals surface area contributed by atoms with Crippen molar-refractivity contribution in [2.24, 2.45) is 0 Å². The van der Waals surface area contributed by atoms with E-state index in [1.807, 2.05) is 0 Å². The molecule has 3 amide bonds. The monoisotopic (exact) mass is 437 g/mol. The van der Waals surface area contributed by atoms with Gasteiger partial charge in [0.25, 0.3) is 5.91 Å². The fourth-order valence-electron chi connectivity index (χ4n) is 2.51. The zero-order chi connectivity index (χ0) is 21.0. The molecule has 0 saturated carbocycles. The van der Waals surface area contributed by atoms with Gasteiger partial charge in [0.15, 0.2) is 11.5 Å². The molecule has 1 aliphatic rings. The maximum absolute atomic E-state index is 12.2. The Kier molecular flexibility index (Phi) is 6.46. The number of rotatable bonds is 6. The van der Waals surface area contributed by atoms with Crippen LogP contribution in [-0.4, -0.2) is 49.6 Å². The number of nitrogens with one attached hydrogen (secondary N) is 2. The van der Waals surface area contributed by atoms with E-state index >= 15 is 0 Å². The van der Waals surface area contributed by atoms with Gasteiger partial charge in [-0.25, -0.2) is 0 Å². The molecule has 0 bridgehead atoms. The Bertz CT molecular complexity index is 967. The van der Waals surface area contributed by atoms with Crippen LogP contribution in [0.15, 0.2) is 36.4 Å². The molecular formula is C19H17Cl2N3O5. The summed E-state index contributed by atoms with van der Waals surface area (Å²) >= 11 is 11.7. The minimum Gasteiger partial charge on any atom is -0.454 e. The van der Waals surface area contributed by atoms with Crippen LogP contribution >= 0.6 is 23.2 Å². The van der Waals surface area contributed by atoms with E-state index in [-0.39, 0.29) is 19.9 Å². The number of ether oxygens (including phenoxy) is 2. The van der Waals surface area contributed by atoms with E-state index in [0.29, 0.717) is 32.8 Å². The van der Waals surface area contributed by atoms with Gasteiger partial charge in [0.05, 0.1) is 23.1 Å². The molecule has 2 aromatic rings. The van der Waals surface area contributed by atoms with Gasteiger partial charge in [-0.1, -0.05) is 23.2 Å². The van der Waals surface area contributed by atoms with Crippen LogP contribution in [0, 0.1) is 0 Å². The minimum absolute atomic E-state index is 0.105. The molecule has 3 rings (SSSR count). The molecule has 29 heavy (non-hydrogen) atoms. The quantitative estimate of drug-likeness (QED) is 0.723. The van der Waals surface area contributed by atoms with Crippen molar-refractivity contribution in [3.05, 3.63) is 52.0 Å². The Morgan fingerprint density at radius 3 is 2.55 bits per heavy atom. The van der Waals surface area contributed by atoms with E-state index in [2.05, 4.69) is 10.6 Å². The SMILES string of the molecule is CN(CC(=O)Nc1ccc(Cl)c(Cl)c1)C(=O)CNC(=O)c1ccc2c(c1)OCO2. The molecule has 152 valence electrons. The molecule has 0 atom stereocenters. The molecule has 2 N–H and O–H groups in total. The smallest absolute Gasteiger partial charge is 0.251 e. The first-order valence-electron chi connectivity index (χ1n) is 8.50. The number of nitrogens with zero attached hydrogens (tertiary/aromatic N) is 1. The highest BCUT2D eigenvalue weighted by molar-refractivity contribution is 6.42. The third kappa shape index (κ3) is 5.30. The molecule has 0 spiro atoms. The lowest BCUT2D eigenvalue weighted by molar-refractivity contribution is -0.132. The average Bonchev–Trinajstić information content (AvgIpc) is 3.16. The van der Waals surface area contributed by atoms with Crippen molar-refractivity contribution >= 4 is 46.6 Å². The second kappa shape index (κ2) is 9.02. The van der Waals surface area contributed by atoms with Crippen molar-refractivity contribution in [3.63, 3.8) is 0 Å². The molecule has 1 heterocycles. The Hall–Kier alpha value is -2.97. The predicted octanol–water partition coefficient (Wildman–Crippen LogP) is 2.55. The zero-order valence-electron chi connectivity index (χ0n) is 15.3. The number of hydrogen-bond acceptors (Lipinski definition) is 5. The Labute approximate surface area is 176 Å². The van der Waals surface area contributed by atoms with Crippen molar-refractivity contribution < 1.29 is 23.9 Å². The normalized spacial score (nSPS) is 11.7. The van der Waals surface area contributed by atoms with Gasteiger partial charge in [-0.2, -0.15) is 0 Å². The van der Waals surface area contributed by atoms with E-state index in [1.54, 1.807) is 24.3 Å². The number of anilines is 1. The first-order chi connectivity index (χ1) is 13.8. The number of amides is 3. The fraction of sp³-hybridized carbons (Fsp3) is 0.211. The topological polar surface area (TPSA) is 97.0 Å². The number of hydrogen-bond donors (Lipinski definition) is 2. The molecular weight excluding hydrogens is 421 g/mol. The van der Waals surface area contributed by atoms with Crippen molar-refractivity contribution in [3.8, 4) is 11.5 Å². The Morgan fingerprint density at radius 1 is 1.03 bits per heavy atom. The summed E-state index contributed by atoms with van der Waals surface area (Å²) in [6, 6.07) is 9.39. The molecule has 0 saturated heterocycles. The summed E-state index contributed by atoms with van der Waals surface area (Å²) in [6.07, 6.45) is 0. The van der Waals surface area contributed by atoms with Gasteiger partial charge in [-0.3, -0.25) is 14.4 Å². The van der Waals surface area contributed by atoms with E-state index in [1.165, 1.54) is 24.1 Å². The zero-order valence-corrected chi connectivity index (χ0v) is 16.8. The lowest BCUT2D eigenvalue weighted by Crippen LogP contribution is -2.41. The molecule has 0 fully saturated rings. The van der Waals surface area contributed by atoms with Gasteiger partial charge in [0.2, 0.25) is 18.6 Å². The van der Waals surface area contributed by atoms with Crippen LogP contribution in [0.25, 0.3) is 0 Å². The first-order valence-corrected chi connectivity index (χ1v) is 9.26. The van der Waals surface area contributed by atoms with Gasteiger partial charge < -0.3 is 25.0 Å². The first kappa shape index (κ1) is 20.8. The van der Waals surface area contributed by atoms with Crippen molar-refractivity contribution in [1.82, 2.24) is 10.2 Å². The molecule has 0 radical (unpaired) electrons. The van der Waals surface area contributed by atoms with E-state index in [4.69, 9.17) is 32.7 Å². The summed E-state index contributed by atoms with van der Waals surface area (Å²) in [6.45, 7) is -0.350. The second-order valence-corrected chi connectivity index (χ2v) is 6.99. The van der Waals surface area contributed by atoms with E-state index in [9.17, 15) is 14.4 Å². The van der Waals surface area contributed by atoms with Gasteiger partial charge in [-0.15, -0.1) is 0 Å². The Morgan fingerprint density at radius 2 is 1.79 bits per heavy atom. The molecule has 1 aliphatic heterocycles. The third-order valence-electron chi connectivity index (χ3n) is 4.04. The number of fused-ring (bicyclic) bond motifs is 1. The molecule has 10 heteroatoms. The van der Waals surface area contributed by atoms with E-state index in [0.717, 1.165) is 0 Å². The largest absolute Gasteiger partial charge is 0.454 e. The van der Waals surface area contributed by atoms with Crippen LogP contribution in [0.2, 0.25) is 10.0 Å². The van der Waals surface area contributed by atoms with Crippen molar-refractivity contribution in [2.75, 3.05) is 32.2 Å². The molecule has 0 aromatic heterocycles. The van der Waals surface area contributed by atoms with Crippen LogP contribution < -0.4 is 20.1 Å². The molecule has 2 aromatic carbocycles. The minimum atomic E-state index is -0.440. The highest BCUT2D eigenvalue weighted by Gasteiger charge is 2.18. The maximum atomic E-state index is 12.2. The van der Waals surface area contributed by atoms with Gasteiger partial charge in [0, 0.05) is 18.3 Å². The van der Waals surface area contributed by atoms with Gasteiger partial charge >= 0.3 is 0 Å². The average molecular weight is 438 g/mol. The van der Waals surface area contributed by atoms with Crippen molar-refractivity contribution in [2.45, 2.75) is 0 Å². The highest BCUT2D eigenvalue weighted by Crippen LogP contribution is 2.32. The highest BCUT2D eigenvalue weighted by atomic mass is 35.5. The van der Waals surface area contributed by atoms with Crippen LogP contribution in [0.1, 0.15) is 10.4 Å². The standard InChI is InChI=1S/C19H17Cl2N3O5/c1-24(9-17(25)23-12-3-4-13(20)14(21)7-12)18(26)8-22-19(27)11-2-5-15-16(6-11)29-10-28-15/h2-7H,8-10H2,1H3,(H,22,27)(H,23,25). The molecule has 0 aliphatic carbocycles. The van der Waals surface area contributed by atoms with Crippen LogP contribution in [-0.2, 0) is 9.59 Å². The maximum Gasteiger partial charge on any atom is 0.251 e.